The second-order valence-corrected chi connectivity index (χ2v) is 5.15. The van der Waals surface area contributed by atoms with E-state index in [-0.39, 0.29) is 23.9 Å². The zero-order valence-electron chi connectivity index (χ0n) is 11.4. The zero-order valence-corrected chi connectivity index (χ0v) is 11.4. The van der Waals surface area contributed by atoms with Gasteiger partial charge in [-0.05, 0) is 25.8 Å². The van der Waals surface area contributed by atoms with Crippen LogP contribution in [0.1, 0.15) is 32.3 Å². The molecular weight excluding hydrogens is 240 g/mol. The van der Waals surface area contributed by atoms with Gasteiger partial charge in [-0.15, -0.1) is 0 Å². The molecule has 2 rings (SSSR count). The molecule has 4 nitrogen and oxygen atoms in total. The van der Waals surface area contributed by atoms with Crippen LogP contribution in [0.25, 0.3) is 0 Å². The van der Waals surface area contributed by atoms with Crippen LogP contribution in [0.3, 0.4) is 0 Å². The number of nitrogens with zero attached hydrogens (tertiary/aromatic N) is 1. The molecule has 1 unspecified atom stereocenters. The first-order valence-electron chi connectivity index (χ1n) is 6.72. The van der Waals surface area contributed by atoms with Crippen LogP contribution in [0, 0.1) is 0 Å². The van der Waals surface area contributed by atoms with Crippen molar-refractivity contribution in [2.24, 2.45) is 0 Å². The van der Waals surface area contributed by atoms with Crippen molar-refractivity contribution in [1.29, 1.82) is 0 Å². The highest BCUT2D eigenvalue weighted by Crippen LogP contribution is 2.21. The van der Waals surface area contributed by atoms with Crippen LogP contribution in [0.5, 0.6) is 0 Å². The van der Waals surface area contributed by atoms with Gasteiger partial charge < -0.3 is 10.2 Å². The van der Waals surface area contributed by atoms with Crippen LogP contribution in [0.4, 0.5) is 0 Å². The SMILES string of the molecule is CC(C)N1C(=O)CCC1C(=O)NCc1ccccc1. The van der Waals surface area contributed by atoms with Gasteiger partial charge in [0.15, 0.2) is 0 Å². The predicted molar refractivity (Wildman–Crippen MR) is 73.3 cm³/mol. The van der Waals surface area contributed by atoms with Gasteiger partial charge in [-0.1, -0.05) is 30.3 Å². The Kier molecular flexibility index (Phi) is 4.20. The lowest BCUT2D eigenvalue weighted by Gasteiger charge is -2.27. The van der Waals surface area contributed by atoms with Gasteiger partial charge in [0.2, 0.25) is 11.8 Å². The minimum atomic E-state index is -0.309. The summed E-state index contributed by atoms with van der Waals surface area (Å²) < 4.78 is 0. The van der Waals surface area contributed by atoms with E-state index >= 15 is 0 Å². The Morgan fingerprint density at radius 2 is 2.05 bits per heavy atom. The molecule has 0 bridgehead atoms. The van der Waals surface area contributed by atoms with Gasteiger partial charge in [0.05, 0.1) is 0 Å². The smallest absolute Gasteiger partial charge is 0.243 e. The fourth-order valence-electron chi connectivity index (χ4n) is 2.51. The molecule has 2 amide bonds. The van der Waals surface area contributed by atoms with Crippen molar-refractivity contribution in [3.05, 3.63) is 35.9 Å². The van der Waals surface area contributed by atoms with Crippen molar-refractivity contribution < 1.29 is 9.59 Å². The predicted octanol–water partition coefficient (Wildman–Crippen LogP) is 1.70. The van der Waals surface area contributed by atoms with E-state index in [9.17, 15) is 9.59 Å². The summed E-state index contributed by atoms with van der Waals surface area (Å²) in [4.78, 5) is 25.6. The normalized spacial score (nSPS) is 19.0. The second kappa shape index (κ2) is 5.87. The maximum atomic E-state index is 12.2. The van der Waals surface area contributed by atoms with E-state index in [2.05, 4.69) is 5.32 Å². The molecule has 1 atom stereocenters. The van der Waals surface area contributed by atoms with Gasteiger partial charge in [-0.3, -0.25) is 9.59 Å². The van der Waals surface area contributed by atoms with E-state index in [4.69, 9.17) is 0 Å². The second-order valence-electron chi connectivity index (χ2n) is 5.15. The number of likely N-dealkylation sites (tertiary alicyclic amines) is 1. The van der Waals surface area contributed by atoms with Crippen molar-refractivity contribution in [2.45, 2.75) is 45.3 Å². The van der Waals surface area contributed by atoms with Crippen LogP contribution in [0.2, 0.25) is 0 Å². The fourth-order valence-corrected chi connectivity index (χ4v) is 2.51. The molecule has 102 valence electrons. The Bertz CT molecular complexity index is 456. The van der Waals surface area contributed by atoms with Crippen molar-refractivity contribution in [1.82, 2.24) is 10.2 Å². The molecule has 0 saturated carbocycles. The summed E-state index contributed by atoms with van der Waals surface area (Å²) >= 11 is 0. The quantitative estimate of drug-likeness (QED) is 0.896. The van der Waals surface area contributed by atoms with Gasteiger partial charge in [0.25, 0.3) is 0 Å². The third-order valence-electron chi connectivity index (χ3n) is 3.42. The Morgan fingerprint density at radius 1 is 1.37 bits per heavy atom. The Morgan fingerprint density at radius 3 is 2.68 bits per heavy atom. The number of rotatable bonds is 4. The Balaban J connectivity index is 1.95. The molecule has 1 fully saturated rings. The average Bonchev–Trinajstić information content (AvgIpc) is 2.79. The van der Waals surface area contributed by atoms with Crippen molar-refractivity contribution in [3.8, 4) is 0 Å². The lowest BCUT2D eigenvalue weighted by Crippen LogP contribution is -2.47. The highest BCUT2D eigenvalue weighted by molar-refractivity contribution is 5.91. The first-order chi connectivity index (χ1) is 9.09. The molecule has 1 heterocycles. The number of hydrogen-bond acceptors (Lipinski definition) is 2. The van der Waals surface area contributed by atoms with Gasteiger partial charge in [-0.2, -0.15) is 0 Å². The van der Waals surface area contributed by atoms with E-state index < -0.39 is 0 Å². The highest BCUT2D eigenvalue weighted by atomic mass is 16.2. The number of carbonyl (C=O) groups excluding carboxylic acids is 2. The minimum Gasteiger partial charge on any atom is -0.350 e. The molecule has 0 radical (unpaired) electrons. The molecule has 1 saturated heterocycles. The lowest BCUT2D eigenvalue weighted by atomic mass is 10.1. The number of nitrogens with one attached hydrogen (secondary N) is 1. The van der Waals surface area contributed by atoms with Crippen LogP contribution >= 0.6 is 0 Å². The van der Waals surface area contributed by atoms with Crippen molar-refractivity contribution in [3.63, 3.8) is 0 Å². The van der Waals surface area contributed by atoms with E-state index in [0.717, 1.165) is 5.56 Å². The summed E-state index contributed by atoms with van der Waals surface area (Å²) in [6, 6.07) is 9.54. The van der Waals surface area contributed by atoms with Gasteiger partial charge in [-0.25, -0.2) is 0 Å². The largest absolute Gasteiger partial charge is 0.350 e. The fraction of sp³-hybridized carbons (Fsp3) is 0.467. The number of carbonyl (C=O) groups is 2. The van der Waals surface area contributed by atoms with E-state index in [1.165, 1.54) is 0 Å². The average molecular weight is 260 g/mol. The molecule has 1 aliphatic rings. The van der Waals surface area contributed by atoms with Crippen molar-refractivity contribution in [2.75, 3.05) is 0 Å². The van der Waals surface area contributed by atoms with Gasteiger partial charge in [0.1, 0.15) is 6.04 Å². The lowest BCUT2D eigenvalue weighted by molar-refractivity contribution is -0.137. The topological polar surface area (TPSA) is 49.4 Å². The minimum absolute atomic E-state index is 0.0524. The third kappa shape index (κ3) is 3.13. The van der Waals surface area contributed by atoms with Gasteiger partial charge in [0, 0.05) is 19.0 Å². The van der Waals surface area contributed by atoms with Gasteiger partial charge >= 0.3 is 0 Å². The van der Waals surface area contributed by atoms with E-state index in [1.807, 2.05) is 44.2 Å². The molecule has 1 aromatic rings. The summed E-state index contributed by atoms with van der Waals surface area (Å²) in [7, 11) is 0. The Labute approximate surface area is 113 Å². The van der Waals surface area contributed by atoms with Crippen LogP contribution in [-0.4, -0.2) is 28.8 Å². The van der Waals surface area contributed by atoms with Crippen LogP contribution < -0.4 is 5.32 Å². The molecule has 0 spiro atoms. The van der Waals surface area contributed by atoms with Crippen LogP contribution in [-0.2, 0) is 16.1 Å². The summed E-state index contributed by atoms with van der Waals surface area (Å²) in [5.41, 5.74) is 1.07. The molecule has 1 aliphatic heterocycles. The summed E-state index contributed by atoms with van der Waals surface area (Å²) in [6.45, 7) is 4.40. The maximum absolute atomic E-state index is 12.2. The number of benzene rings is 1. The molecule has 19 heavy (non-hydrogen) atoms. The first-order valence-corrected chi connectivity index (χ1v) is 6.72. The molecule has 1 aromatic carbocycles. The third-order valence-corrected chi connectivity index (χ3v) is 3.42. The summed E-state index contributed by atoms with van der Waals surface area (Å²) in [6.07, 6.45) is 1.10. The van der Waals surface area contributed by atoms with E-state index in [1.54, 1.807) is 4.90 Å². The number of amides is 2. The summed E-state index contributed by atoms with van der Waals surface area (Å²) in [5, 5.41) is 2.91. The molecule has 0 aliphatic carbocycles. The standard InChI is InChI=1S/C15H20N2O2/c1-11(2)17-13(8-9-14(17)18)15(19)16-10-12-6-4-3-5-7-12/h3-7,11,13H,8-10H2,1-2H3,(H,16,19). The zero-order chi connectivity index (χ0) is 13.8. The van der Waals surface area contributed by atoms with Crippen LogP contribution in [0.15, 0.2) is 30.3 Å². The monoisotopic (exact) mass is 260 g/mol. The molecule has 1 N–H and O–H groups in total. The summed E-state index contributed by atoms with van der Waals surface area (Å²) in [5.74, 6) is 0.0262. The van der Waals surface area contributed by atoms with Crippen molar-refractivity contribution >= 4 is 11.8 Å². The molecule has 4 heteroatoms. The Hall–Kier alpha value is -1.84. The highest BCUT2D eigenvalue weighted by Gasteiger charge is 2.37. The number of hydrogen-bond donors (Lipinski definition) is 1. The molecular formula is C15H20N2O2. The van der Waals surface area contributed by atoms with E-state index in [0.29, 0.717) is 19.4 Å². The first kappa shape index (κ1) is 13.6. The molecule has 0 aromatic heterocycles. The maximum Gasteiger partial charge on any atom is 0.243 e.